The fourth-order valence-corrected chi connectivity index (χ4v) is 1.90. The molecule has 0 fully saturated rings. The first-order valence-corrected chi connectivity index (χ1v) is 6.82. The highest BCUT2D eigenvalue weighted by molar-refractivity contribution is 5.84. The van der Waals surface area contributed by atoms with Gasteiger partial charge in [-0.15, -0.1) is 0 Å². The second kappa shape index (κ2) is 8.11. The van der Waals surface area contributed by atoms with Crippen molar-refractivity contribution in [3.8, 4) is 0 Å². The van der Waals surface area contributed by atoms with Crippen molar-refractivity contribution in [2.45, 2.75) is 26.3 Å². The lowest BCUT2D eigenvalue weighted by Gasteiger charge is -2.26. The summed E-state index contributed by atoms with van der Waals surface area (Å²) in [6.07, 6.45) is -0.0298. The fraction of sp³-hybridized carbons (Fsp3) is 0.400. The number of carbonyl (C=O) groups excluding carboxylic acids is 2. The van der Waals surface area contributed by atoms with E-state index < -0.39 is 23.7 Å². The van der Waals surface area contributed by atoms with Gasteiger partial charge in [0.15, 0.2) is 0 Å². The van der Waals surface area contributed by atoms with E-state index in [4.69, 9.17) is 5.11 Å². The highest BCUT2D eigenvalue weighted by atomic mass is 19.1. The molecule has 2 N–H and O–H groups in total. The fourth-order valence-electron chi connectivity index (χ4n) is 1.90. The number of nitrogens with one attached hydrogen (secondary N) is 1. The number of rotatable bonds is 7. The summed E-state index contributed by atoms with van der Waals surface area (Å²) in [5, 5.41) is 11.6. The van der Waals surface area contributed by atoms with E-state index in [0.717, 1.165) is 0 Å². The third-order valence-electron chi connectivity index (χ3n) is 3.14. The molecule has 0 spiro atoms. The van der Waals surface area contributed by atoms with Gasteiger partial charge in [-0.2, -0.15) is 0 Å². The molecule has 0 bridgehead atoms. The van der Waals surface area contributed by atoms with Gasteiger partial charge in [0.05, 0.1) is 6.42 Å². The van der Waals surface area contributed by atoms with Gasteiger partial charge in [-0.25, -0.2) is 9.18 Å². The minimum absolute atomic E-state index is 0.0298. The number of hydrogen-bond donors (Lipinski definition) is 2. The molecule has 2 amide bonds. The van der Waals surface area contributed by atoms with Crippen LogP contribution in [0, 0.1) is 5.82 Å². The maximum atomic E-state index is 12.8. The molecule has 120 valence electrons. The lowest BCUT2D eigenvalue weighted by Crippen LogP contribution is -2.47. The Kier molecular flexibility index (Phi) is 6.49. The molecule has 0 saturated heterocycles. The van der Waals surface area contributed by atoms with Gasteiger partial charge in [0.25, 0.3) is 0 Å². The number of carboxylic acids is 1. The number of amides is 2. The molecule has 0 aliphatic carbocycles. The van der Waals surface area contributed by atoms with Crippen LogP contribution < -0.4 is 5.32 Å². The zero-order chi connectivity index (χ0) is 16.7. The molecule has 6 nitrogen and oxygen atoms in total. The zero-order valence-corrected chi connectivity index (χ0v) is 12.5. The highest BCUT2D eigenvalue weighted by Crippen LogP contribution is 2.08. The van der Waals surface area contributed by atoms with Crippen LogP contribution in [0.5, 0.6) is 0 Å². The van der Waals surface area contributed by atoms with Crippen LogP contribution in [-0.4, -0.2) is 46.9 Å². The largest absolute Gasteiger partial charge is 0.480 e. The van der Waals surface area contributed by atoms with Gasteiger partial charge < -0.3 is 15.3 Å². The molecule has 7 heteroatoms. The van der Waals surface area contributed by atoms with Crippen molar-refractivity contribution in [2.24, 2.45) is 0 Å². The Bertz CT molecular complexity index is 545. The quantitative estimate of drug-likeness (QED) is 0.780. The predicted octanol–water partition coefficient (Wildman–Crippen LogP) is 0.806. The number of carboxylic acid groups (broad SMARTS) is 1. The Morgan fingerprint density at radius 3 is 2.36 bits per heavy atom. The SMILES string of the molecule is CC(=O)NCCN(C(=O)Cc1ccc(F)cc1)C(C)C(=O)O. The molecular weight excluding hydrogens is 291 g/mol. The number of nitrogens with zero attached hydrogens (tertiary/aromatic N) is 1. The van der Waals surface area contributed by atoms with Crippen LogP contribution in [0.3, 0.4) is 0 Å². The summed E-state index contributed by atoms with van der Waals surface area (Å²) < 4.78 is 12.8. The normalized spacial score (nSPS) is 11.6. The summed E-state index contributed by atoms with van der Waals surface area (Å²) in [4.78, 5) is 35.4. The van der Waals surface area contributed by atoms with Crippen LogP contribution in [0.25, 0.3) is 0 Å². The molecule has 1 unspecified atom stereocenters. The average Bonchev–Trinajstić information content (AvgIpc) is 2.45. The van der Waals surface area contributed by atoms with E-state index in [-0.39, 0.29) is 25.4 Å². The number of hydrogen-bond acceptors (Lipinski definition) is 3. The van der Waals surface area contributed by atoms with Crippen LogP contribution in [-0.2, 0) is 20.8 Å². The van der Waals surface area contributed by atoms with E-state index in [0.29, 0.717) is 5.56 Å². The molecule has 0 aliphatic rings. The van der Waals surface area contributed by atoms with E-state index in [9.17, 15) is 18.8 Å². The molecule has 0 aliphatic heterocycles. The smallest absolute Gasteiger partial charge is 0.326 e. The molecule has 1 atom stereocenters. The Hall–Kier alpha value is -2.44. The second-order valence-electron chi connectivity index (χ2n) is 4.89. The zero-order valence-electron chi connectivity index (χ0n) is 12.5. The van der Waals surface area contributed by atoms with E-state index >= 15 is 0 Å². The first-order valence-electron chi connectivity index (χ1n) is 6.82. The lowest BCUT2D eigenvalue weighted by molar-refractivity contribution is -0.149. The van der Waals surface area contributed by atoms with Gasteiger partial charge >= 0.3 is 5.97 Å². The molecule has 1 rings (SSSR count). The predicted molar refractivity (Wildman–Crippen MR) is 77.6 cm³/mol. The molecule has 0 heterocycles. The maximum absolute atomic E-state index is 12.8. The van der Waals surface area contributed by atoms with Crippen LogP contribution in [0.2, 0.25) is 0 Å². The Morgan fingerprint density at radius 1 is 1.27 bits per heavy atom. The Balaban J connectivity index is 2.75. The van der Waals surface area contributed by atoms with Crippen LogP contribution in [0.1, 0.15) is 19.4 Å². The molecule has 0 saturated carbocycles. The highest BCUT2D eigenvalue weighted by Gasteiger charge is 2.25. The van der Waals surface area contributed by atoms with Gasteiger partial charge in [-0.3, -0.25) is 9.59 Å². The molecule has 22 heavy (non-hydrogen) atoms. The van der Waals surface area contributed by atoms with E-state index in [1.165, 1.54) is 43.0 Å². The van der Waals surface area contributed by atoms with E-state index in [1.54, 1.807) is 0 Å². The minimum Gasteiger partial charge on any atom is -0.480 e. The Morgan fingerprint density at radius 2 is 1.86 bits per heavy atom. The summed E-state index contributed by atoms with van der Waals surface area (Å²) in [5.74, 6) is -2.19. The van der Waals surface area contributed by atoms with Crippen LogP contribution >= 0.6 is 0 Å². The molecule has 1 aromatic rings. The summed E-state index contributed by atoms with van der Waals surface area (Å²) in [7, 11) is 0. The second-order valence-corrected chi connectivity index (χ2v) is 4.89. The molecule has 0 radical (unpaired) electrons. The van der Waals surface area contributed by atoms with Crippen LogP contribution in [0.15, 0.2) is 24.3 Å². The summed E-state index contributed by atoms with van der Waals surface area (Å²) in [6, 6.07) is 4.42. The molecular formula is C15H19FN2O4. The summed E-state index contributed by atoms with van der Waals surface area (Å²) in [5.41, 5.74) is 0.591. The van der Waals surface area contributed by atoms with Crippen molar-refractivity contribution >= 4 is 17.8 Å². The third-order valence-corrected chi connectivity index (χ3v) is 3.14. The number of halogens is 1. The van der Waals surface area contributed by atoms with Crippen molar-refractivity contribution in [1.82, 2.24) is 10.2 Å². The summed E-state index contributed by atoms with van der Waals surface area (Å²) >= 11 is 0. The first-order chi connectivity index (χ1) is 10.3. The van der Waals surface area contributed by atoms with Gasteiger partial charge in [0.1, 0.15) is 11.9 Å². The molecule has 0 aromatic heterocycles. The van der Waals surface area contributed by atoms with Crippen molar-refractivity contribution in [3.63, 3.8) is 0 Å². The van der Waals surface area contributed by atoms with Gasteiger partial charge in [0.2, 0.25) is 11.8 Å². The van der Waals surface area contributed by atoms with Crippen molar-refractivity contribution < 1.29 is 23.9 Å². The lowest BCUT2D eigenvalue weighted by atomic mass is 10.1. The Labute approximate surface area is 127 Å². The number of benzene rings is 1. The topological polar surface area (TPSA) is 86.7 Å². The van der Waals surface area contributed by atoms with Crippen molar-refractivity contribution in [3.05, 3.63) is 35.6 Å². The van der Waals surface area contributed by atoms with Crippen molar-refractivity contribution in [2.75, 3.05) is 13.1 Å². The average molecular weight is 310 g/mol. The first kappa shape index (κ1) is 17.6. The van der Waals surface area contributed by atoms with Crippen molar-refractivity contribution in [1.29, 1.82) is 0 Å². The number of carbonyl (C=O) groups is 3. The minimum atomic E-state index is -1.13. The van der Waals surface area contributed by atoms with Gasteiger partial charge in [0, 0.05) is 20.0 Å². The van der Waals surface area contributed by atoms with Gasteiger partial charge in [-0.05, 0) is 24.6 Å². The standard InChI is InChI=1S/C15H19FN2O4/c1-10(15(21)22)18(8-7-17-11(2)19)14(20)9-12-3-5-13(16)6-4-12/h3-6,10H,7-9H2,1-2H3,(H,17,19)(H,21,22). The van der Waals surface area contributed by atoms with Crippen LogP contribution in [0.4, 0.5) is 4.39 Å². The number of aliphatic carboxylic acids is 1. The maximum Gasteiger partial charge on any atom is 0.326 e. The monoisotopic (exact) mass is 310 g/mol. The summed E-state index contributed by atoms with van der Waals surface area (Å²) in [6.45, 7) is 3.00. The van der Waals surface area contributed by atoms with Gasteiger partial charge in [-0.1, -0.05) is 12.1 Å². The molecule has 1 aromatic carbocycles. The third kappa shape index (κ3) is 5.51. The van der Waals surface area contributed by atoms with E-state index in [1.807, 2.05) is 0 Å². The van der Waals surface area contributed by atoms with E-state index in [2.05, 4.69) is 5.32 Å².